The zero-order chi connectivity index (χ0) is 14.3. The minimum atomic E-state index is -3.73. The highest BCUT2D eigenvalue weighted by atomic mass is 32.2. The molecule has 8 heteroatoms. The van der Waals surface area contributed by atoms with Crippen LogP contribution in [0.15, 0.2) is 0 Å². The van der Waals surface area contributed by atoms with E-state index in [0.717, 1.165) is 25.7 Å². The van der Waals surface area contributed by atoms with Crippen LogP contribution in [-0.2, 0) is 14.3 Å². The monoisotopic (exact) mass is 310 g/mol. The molecule has 0 aromatic rings. The fraction of sp³-hybridized carbons (Fsp3) is 1.00. The summed E-state index contributed by atoms with van der Waals surface area (Å²) in [5.41, 5.74) is -0.409. The lowest BCUT2D eigenvalue weighted by molar-refractivity contribution is -0.188. The van der Waals surface area contributed by atoms with Crippen molar-refractivity contribution in [3.05, 3.63) is 0 Å². The molecular formula is C11H23N2O4PS. The van der Waals surface area contributed by atoms with Gasteiger partial charge >= 0.3 is 10.1 Å². The molecule has 1 aliphatic heterocycles. The van der Waals surface area contributed by atoms with Crippen LogP contribution in [0.25, 0.3) is 0 Å². The van der Waals surface area contributed by atoms with Crippen molar-refractivity contribution in [3.8, 4) is 0 Å². The summed E-state index contributed by atoms with van der Waals surface area (Å²) in [6.07, 6.45) is 4.23. The van der Waals surface area contributed by atoms with Crippen molar-refractivity contribution in [3.63, 3.8) is 0 Å². The van der Waals surface area contributed by atoms with Crippen LogP contribution < -0.4 is 4.89 Å². The first-order valence-corrected chi connectivity index (χ1v) is 10.1. The number of likely N-dealkylation sites (N-methyl/N-ethyl adjacent to an activating group) is 2. The molecule has 0 aromatic carbocycles. The van der Waals surface area contributed by atoms with Crippen LogP contribution in [0.1, 0.15) is 32.6 Å². The van der Waals surface area contributed by atoms with Gasteiger partial charge in [0.15, 0.2) is 0 Å². The Labute approximate surface area is 116 Å². The van der Waals surface area contributed by atoms with Crippen molar-refractivity contribution in [2.75, 3.05) is 26.2 Å². The van der Waals surface area contributed by atoms with Crippen molar-refractivity contribution in [2.45, 2.75) is 44.7 Å². The fourth-order valence-corrected chi connectivity index (χ4v) is 8.93. The topological polar surface area (TPSA) is 72.9 Å². The Bertz CT molecular complexity index is 412. The van der Waals surface area contributed by atoms with Crippen molar-refractivity contribution >= 4 is 17.9 Å². The van der Waals surface area contributed by atoms with E-state index in [9.17, 15) is 13.3 Å². The molecule has 6 nitrogen and oxygen atoms in total. The summed E-state index contributed by atoms with van der Waals surface area (Å²) in [4.78, 5) is 13.1. The molecule has 1 saturated carbocycles. The zero-order valence-corrected chi connectivity index (χ0v) is 13.5. The number of rotatable bonds is 4. The minimum Gasteiger partial charge on any atom is -0.650 e. The van der Waals surface area contributed by atoms with Crippen molar-refractivity contribution < 1.29 is 17.5 Å². The lowest BCUT2D eigenvalue weighted by Gasteiger charge is -2.36. The van der Waals surface area contributed by atoms with Crippen LogP contribution in [0.5, 0.6) is 0 Å². The van der Waals surface area contributed by atoms with Crippen LogP contribution in [0.2, 0.25) is 0 Å². The highest BCUT2D eigenvalue weighted by Crippen LogP contribution is 2.65. The summed E-state index contributed by atoms with van der Waals surface area (Å²) >= 11 is 0. The predicted octanol–water partition coefficient (Wildman–Crippen LogP) is 0.621. The van der Waals surface area contributed by atoms with E-state index in [1.807, 2.05) is 0 Å². The van der Waals surface area contributed by atoms with Gasteiger partial charge in [-0.25, -0.2) is 0 Å². The van der Waals surface area contributed by atoms with Gasteiger partial charge in [-0.1, -0.05) is 12.8 Å². The first kappa shape index (κ1) is 15.6. The lowest BCUT2D eigenvalue weighted by Crippen LogP contribution is -2.37. The van der Waals surface area contributed by atoms with Gasteiger partial charge in [0, 0.05) is 14.1 Å². The molecule has 112 valence electrons. The summed E-state index contributed by atoms with van der Waals surface area (Å²) in [7, 11) is -3.21. The first-order chi connectivity index (χ1) is 8.82. The molecule has 2 aliphatic rings. The normalized spacial score (nSPS) is 32.4. The SMILES string of the molecule is CCOS(=O)(=O)C[P+]1([O-])N(C)[C@H]2CCCC[C@@H]2N1C. The Morgan fingerprint density at radius 1 is 1.21 bits per heavy atom. The van der Waals surface area contributed by atoms with Gasteiger partial charge in [0.05, 0.1) is 18.7 Å². The van der Waals surface area contributed by atoms with E-state index in [-0.39, 0.29) is 18.7 Å². The van der Waals surface area contributed by atoms with Crippen molar-refractivity contribution in [1.82, 2.24) is 9.34 Å². The van der Waals surface area contributed by atoms with Gasteiger partial charge in [-0.05, 0) is 19.8 Å². The number of hydrogen-bond donors (Lipinski definition) is 0. The van der Waals surface area contributed by atoms with Crippen molar-refractivity contribution in [2.24, 2.45) is 0 Å². The molecule has 2 rings (SSSR count). The average molecular weight is 310 g/mol. The molecule has 19 heavy (non-hydrogen) atoms. The van der Waals surface area contributed by atoms with E-state index in [1.54, 1.807) is 30.4 Å². The predicted molar refractivity (Wildman–Crippen MR) is 73.9 cm³/mol. The number of nitrogens with zero attached hydrogens (tertiary/aromatic N) is 2. The summed E-state index contributed by atoms with van der Waals surface area (Å²) in [6.45, 7) is 1.71. The molecule has 0 spiro atoms. The van der Waals surface area contributed by atoms with Gasteiger partial charge in [-0.3, -0.25) is 4.18 Å². The minimum absolute atomic E-state index is 0.0859. The summed E-state index contributed by atoms with van der Waals surface area (Å²) < 4.78 is 32.0. The zero-order valence-electron chi connectivity index (χ0n) is 11.8. The van der Waals surface area contributed by atoms with E-state index in [1.165, 1.54) is 0 Å². The Kier molecular flexibility index (Phi) is 4.55. The van der Waals surface area contributed by atoms with Crippen LogP contribution in [-0.4, -0.2) is 56.0 Å². The molecule has 1 saturated heterocycles. The third-order valence-corrected chi connectivity index (χ3v) is 10.0. The molecule has 0 N–H and O–H groups in total. The van der Waals surface area contributed by atoms with Crippen LogP contribution in [0.4, 0.5) is 0 Å². The molecular weight excluding hydrogens is 287 g/mol. The van der Waals surface area contributed by atoms with Gasteiger partial charge in [-0.2, -0.15) is 17.8 Å². The smallest absolute Gasteiger partial charge is 0.305 e. The second kappa shape index (κ2) is 5.54. The number of hydrogen-bond acceptors (Lipinski definition) is 6. The summed E-state index contributed by atoms with van der Waals surface area (Å²) in [6, 6.07) is 0.419. The standard InChI is InChI=1S/C11H23N2O4PS/c1-4-17-19(15,16)9-18(14)12(2)10-7-5-6-8-11(10)13(18)3/h10-11H,4-9H2,1-3H3/t10-,11-/m0/s1. The largest absolute Gasteiger partial charge is 0.650 e. The van der Waals surface area contributed by atoms with E-state index in [2.05, 4.69) is 0 Å². The van der Waals surface area contributed by atoms with E-state index in [0.29, 0.717) is 0 Å². The van der Waals surface area contributed by atoms with Gasteiger partial charge in [0.1, 0.15) is 7.79 Å². The second-order valence-electron chi connectivity index (χ2n) is 5.32. The highest BCUT2D eigenvalue weighted by Gasteiger charge is 2.57. The maximum Gasteiger partial charge on any atom is 0.305 e. The first-order valence-electron chi connectivity index (χ1n) is 6.74. The Morgan fingerprint density at radius 2 is 1.68 bits per heavy atom. The highest BCUT2D eigenvalue weighted by molar-refractivity contribution is 7.95. The molecule has 1 heterocycles. The number of fused-ring (bicyclic) bond motifs is 1. The average Bonchev–Trinajstić information content (AvgIpc) is 2.52. The van der Waals surface area contributed by atoms with Crippen molar-refractivity contribution in [1.29, 1.82) is 0 Å². The molecule has 0 aromatic heterocycles. The Balaban J connectivity index is 2.22. The fourth-order valence-electron chi connectivity index (χ4n) is 3.25. The molecule has 0 unspecified atom stereocenters. The van der Waals surface area contributed by atoms with Gasteiger partial charge in [0.2, 0.25) is 5.49 Å². The summed E-state index contributed by atoms with van der Waals surface area (Å²) in [5.74, 6) is 0. The third kappa shape index (κ3) is 2.82. The molecule has 2 fully saturated rings. The van der Waals surface area contributed by atoms with Crippen LogP contribution in [0.3, 0.4) is 0 Å². The summed E-state index contributed by atoms with van der Waals surface area (Å²) in [5, 5.41) is 0. The molecule has 0 radical (unpaired) electrons. The van der Waals surface area contributed by atoms with E-state index >= 15 is 0 Å². The van der Waals surface area contributed by atoms with Gasteiger partial charge in [-0.15, -0.1) is 0 Å². The van der Waals surface area contributed by atoms with E-state index < -0.39 is 23.4 Å². The Morgan fingerprint density at radius 3 is 2.11 bits per heavy atom. The second-order valence-corrected chi connectivity index (χ2v) is 10.3. The third-order valence-electron chi connectivity index (χ3n) is 4.26. The molecule has 2 atom stereocenters. The Hall–Kier alpha value is 0.220. The molecule has 1 aliphatic carbocycles. The van der Waals surface area contributed by atoms with E-state index in [4.69, 9.17) is 4.18 Å². The van der Waals surface area contributed by atoms with Gasteiger partial charge in [0.25, 0.3) is 0 Å². The van der Waals surface area contributed by atoms with Crippen LogP contribution >= 0.6 is 7.79 Å². The lowest BCUT2D eigenvalue weighted by atomic mass is 9.91. The van der Waals surface area contributed by atoms with Gasteiger partial charge < -0.3 is 4.89 Å². The molecule has 0 bridgehead atoms. The molecule has 0 amide bonds. The maximum absolute atomic E-state index is 13.1. The quantitative estimate of drug-likeness (QED) is 0.560. The van der Waals surface area contributed by atoms with Crippen LogP contribution in [0, 0.1) is 0 Å². The maximum atomic E-state index is 13.1.